The molecule has 0 bridgehead atoms. The van der Waals surface area contributed by atoms with Gasteiger partial charge in [-0.1, -0.05) is 0 Å². The van der Waals surface area contributed by atoms with Crippen molar-refractivity contribution in [1.29, 1.82) is 0 Å². The first-order valence-electron chi connectivity index (χ1n) is 6.77. The molecule has 2 aromatic rings. The first-order valence-corrected chi connectivity index (χ1v) is 6.77. The summed E-state index contributed by atoms with van der Waals surface area (Å²) >= 11 is 0. The van der Waals surface area contributed by atoms with Gasteiger partial charge in [0.15, 0.2) is 0 Å². The smallest absolute Gasteiger partial charge is 0.258 e. The Bertz CT molecular complexity index is 760. The van der Waals surface area contributed by atoms with E-state index in [9.17, 15) is 19.7 Å². The normalized spacial score (nSPS) is 14.5. The summed E-state index contributed by atoms with van der Waals surface area (Å²) in [6.45, 7) is 1.04. The third-order valence-corrected chi connectivity index (χ3v) is 3.67. The number of fused-ring (bicyclic) bond motifs is 1. The van der Waals surface area contributed by atoms with Crippen LogP contribution in [0.25, 0.3) is 5.69 Å². The maximum Gasteiger partial charge on any atom is 0.351 e. The Morgan fingerprint density at radius 1 is 0.905 bits per heavy atom. The molecule has 0 aliphatic carbocycles. The van der Waals surface area contributed by atoms with Crippen LogP contribution < -0.4 is 11.4 Å². The number of nitro groups is 1. The molecule has 0 saturated heterocycles. The van der Waals surface area contributed by atoms with Gasteiger partial charge in [-0.25, -0.2) is 23.5 Å². The van der Waals surface area contributed by atoms with E-state index in [1.807, 2.05) is 0 Å². The van der Waals surface area contributed by atoms with Crippen molar-refractivity contribution < 1.29 is 4.92 Å². The monoisotopic (exact) mass is 290 g/mol. The Hall–Kier alpha value is -2.64. The van der Waals surface area contributed by atoms with Gasteiger partial charge in [-0.15, -0.1) is 0 Å². The Labute approximate surface area is 119 Å². The highest BCUT2D eigenvalue weighted by atomic mass is 16.6. The topological polar surface area (TPSA) is 92.1 Å². The number of nitrogens with zero attached hydrogens (tertiary/aromatic N) is 4. The molecule has 0 radical (unpaired) electrons. The molecule has 0 N–H and O–H groups in total. The van der Waals surface area contributed by atoms with Crippen LogP contribution in [0.1, 0.15) is 19.3 Å². The van der Waals surface area contributed by atoms with Crippen molar-refractivity contribution in [2.75, 3.05) is 0 Å². The van der Waals surface area contributed by atoms with Crippen LogP contribution in [0.15, 0.2) is 33.9 Å². The Morgan fingerprint density at radius 3 is 1.90 bits per heavy atom. The van der Waals surface area contributed by atoms with Crippen LogP contribution in [0.3, 0.4) is 0 Å². The SMILES string of the molecule is O=c1n(-c2ccc([N+](=O)[O-])cc2)c(=O)n2n1CCCCC2. The molecule has 21 heavy (non-hydrogen) atoms. The number of benzene rings is 1. The minimum Gasteiger partial charge on any atom is -0.258 e. The van der Waals surface area contributed by atoms with E-state index < -0.39 is 16.3 Å². The molecule has 3 rings (SSSR count). The molecule has 1 aliphatic heterocycles. The van der Waals surface area contributed by atoms with Gasteiger partial charge in [-0.3, -0.25) is 10.1 Å². The largest absolute Gasteiger partial charge is 0.351 e. The van der Waals surface area contributed by atoms with Gasteiger partial charge in [0.1, 0.15) is 0 Å². The summed E-state index contributed by atoms with van der Waals surface area (Å²) in [4.78, 5) is 34.9. The maximum absolute atomic E-state index is 12.4. The first kappa shape index (κ1) is 13.3. The van der Waals surface area contributed by atoms with Crippen LogP contribution in [-0.2, 0) is 13.1 Å². The second-order valence-electron chi connectivity index (χ2n) is 4.98. The molecule has 0 unspecified atom stereocenters. The molecule has 110 valence electrons. The molecule has 2 heterocycles. The maximum atomic E-state index is 12.4. The van der Waals surface area contributed by atoms with E-state index in [1.165, 1.54) is 33.6 Å². The third kappa shape index (κ3) is 2.18. The number of hydrogen-bond donors (Lipinski definition) is 0. The second kappa shape index (κ2) is 5.04. The van der Waals surface area contributed by atoms with E-state index in [2.05, 4.69) is 0 Å². The minimum absolute atomic E-state index is 0.0762. The van der Waals surface area contributed by atoms with Crippen molar-refractivity contribution in [2.24, 2.45) is 0 Å². The van der Waals surface area contributed by atoms with E-state index in [0.29, 0.717) is 18.8 Å². The number of nitro benzene ring substituents is 1. The molecule has 0 amide bonds. The highest BCUT2D eigenvalue weighted by Crippen LogP contribution is 2.13. The van der Waals surface area contributed by atoms with E-state index in [-0.39, 0.29) is 5.69 Å². The summed E-state index contributed by atoms with van der Waals surface area (Å²) < 4.78 is 3.97. The van der Waals surface area contributed by atoms with Crippen molar-refractivity contribution in [3.8, 4) is 5.69 Å². The molecule has 0 spiro atoms. The van der Waals surface area contributed by atoms with Crippen molar-refractivity contribution >= 4 is 5.69 Å². The molecule has 0 fully saturated rings. The number of rotatable bonds is 2. The number of aromatic nitrogens is 3. The van der Waals surface area contributed by atoms with Gasteiger partial charge in [0.2, 0.25) is 0 Å². The van der Waals surface area contributed by atoms with Gasteiger partial charge in [-0.2, -0.15) is 0 Å². The highest BCUT2D eigenvalue weighted by molar-refractivity contribution is 5.40. The molecule has 0 saturated carbocycles. The van der Waals surface area contributed by atoms with Crippen molar-refractivity contribution in [2.45, 2.75) is 32.4 Å². The van der Waals surface area contributed by atoms with Gasteiger partial charge in [0, 0.05) is 25.2 Å². The summed E-state index contributed by atoms with van der Waals surface area (Å²) in [6, 6.07) is 5.41. The average Bonchev–Trinajstić information content (AvgIpc) is 2.65. The van der Waals surface area contributed by atoms with Crippen LogP contribution in [-0.4, -0.2) is 18.9 Å². The minimum atomic E-state index is -0.519. The van der Waals surface area contributed by atoms with Crippen LogP contribution in [0.2, 0.25) is 0 Å². The quantitative estimate of drug-likeness (QED) is 0.606. The van der Waals surface area contributed by atoms with Gasteiger partial charge >= 0.3 is 11.4 Å². The van der Waals surface area contributed by atoms with E-state index in [4.69, 9.17) is 0 Å². The summed E-state index contributed by atoms with van der Waals surface area (Å²) in [7, 11) is 0. The zero-order valence-electron chi connectivity index (χ0n) is 11.3. The van der Waals surface area contributed by atoms with Crippen LogP contribution >= 0.6 is 0 Å². The van der Waals surface area contributed by atoms with Gasteiger partial charge in [-0.05, 0) is 31.4 Å². The summed E-state index contributed by atoms with van der Waals surface area (Å²) in [5.41, 5.74) is -0.511. The Morgan fingerprint density at radius 2 is 1.43 bits per heavy atom. The summed E-state index contributed by atoms with van der Waals surface area (Å²) in [5, 5.41) is 10.6. The fraction of sp³-hybridized carbons (Fsp3) is 0.385. The highest BCUT2D eigenvalue weighted by Gasteiger charge is 2.19. The Balaban J connectivity index is 2.13. The van der Waals surface area contributed by atoms with Crippen molar-refractivity contribution in [3.63, 3.8) is 0 Å². The molecular formula is C13H14N4O4. The predicted molar refractivity (Wildman–Crippen MR) is 74.8 cm³/mol. The van der Waals surface area contributed by atoms with Crippen LogP contribution in [0, 0.1) is 10.1 Å². The third-order valence-electron chi connectivity index (χ3n) is 3.67. The van der Waals surface area contributed by atoms with Gasteiger partial charge in [0.05, 0.1) is 10.6 Å². The fourth-order valence-corrected chi connectivity index (χ4v) is 2.60. The van der Waals surface area contributed by atoms with Crippen molar-refractivity contribution in [1.82, 2.24) is 13.9 Å². The van der Waals surface area contributed by atoms with E-state index in [0.717, 1.165) is 23.8 Å². The standard InChI is InChI=1S/C13H14N4O4/c18-12-14-8-2-1-3-9-15(14)13(19)16(12)10-4-6-11(7-5-10)17(20)21/h4-7H,1-3,8-9H2. The van der Waals surface area contributed by atoms with Crippen LogP contribution in [0.4, 0.5) is 5.69 Å². The molecule has 0 atom stereocenters. The lowest BCUT2D eigenvalue weighted by molar-refractivity contribution is -0.384. The van der Waals surface area contributed by atoms with Gasteiger partial charge in [0.25, 0.3) is 5.69 Å². The number of non-ortho nitro benzene ring substituents is 1. The van der Waals surface area contributed by atoms with E-state index >= 15 is 0 Å². The molecular weight excluding hydrogens is 276 g/mol. The predicted octanol–water partition coefficient (Wildman–Crippen LogP) is 0.893. The molecule has 1 aliphatic rings. The summed E-state index contributed by atoms with van der Waals surface area (Å²) in [5.74, 6) is 0. The zero-order valence-corrected chi connectivity index (χ0v) is 11.3. The lowest BCUT2D eigenvalue weighted by Crippen LogP contribution is -2.27. The van der Waals surface area contributed by atoms with Crippen molar-refractivity contribution in [3.05, 3.63) is 55.3 Å². The lowest BCUT2D eigenvalue weighted by atomic mass is 10.2. The number of hydrogen-bond acceptors (Lipinski definition) is 4. The molecule has 8 nitrogen and oxygen atoms in total. The molecule has 1 aromatic carbocycles. The van der Waals surface area contributed by atoms with Crippen LogP contribution in [0.5, 0.6) is 0 Å². The van der Waals surface area contributed by atoms with E-state index in [1.54, 1.807) is 0 Å². The summed E-state index contributed by atoms with van der Waals surface area (Å²) in [6.07, 6.45) is 2.72. The van der Waals surface area contributed by atoms with Gasteiger partial charge < -0.3 is 0 Å². The zero-order chi connectivity index (χ0) is 15.0. The average molecular weight is 290 g/mol. The second-order valence-corrected chi connectivity index (χ2v) is 4.98. The first-order chi connectivity index (χ1) is 10.1. The molecule has 8 heteroatoms. The fourth-order valence-electron chi connectivity index (χ4n) is 2.60. The lowest BCUT2D eigenvalue weighted by Gasteiger charge is -2.01. The Kier molecular flexibility index (Phi) is 3.20. The molecule has 1 aromatic heterocycles.